The Kier molecular flexibility index (Phi) is 6.21. The zero-order chi connectivity index (χ0) is 23.5. The Morgan fingerprint density at radius 2 is 1.91 bits per heavy atom. The van der Waals surface area contributed by atoms with E-state index in [4.69, 9.17) is 0 Å². The Hall–Kier alpha value is -4.25. The Bertz CT molecular complexity index is 1240. The second-order valence-electron chi connectivity index (χ2n) is 8.19. The number of anilines is 2. The van der Waals surface area contributed by atoms with Gasteiger partial charge >= 0.3 is 0 Å². The zero-order valence-electron chi connectivity index (χ0n) is 18.5. The molecule has 2 aromatic heterocycles. The van der Waals surface area contributed by atoms with Crippen LogP contribution in [-0.2, 0) is 5.54 Å². The SMILES string of the molecule is C=C/C=C\c1nc(Nc2c(C#N)c(-c3ccc([N+](=O)[O-])cc3)nn2C(C)(C)C)ccc1C. The number of pyridine rings is 1. The van der Waals surface area contributed by atoms with E-state index in [0.29, 0.717) is 28.5 Å². The highest BCUT2D eigenvalue weighted by Gasteiger charge is 2.26. The van der Waals surface area contributed by atoms with E-state index >= 15 is 0 Å². The van der Waals surface area contributed by atoms with Crippen LogP contribution >= 0.6 is 0 Å². The van der Waals surface area contributed by atoms with Crippen molar-refractivity contribution in [1.82, 2.24) is 14.8 Å². The normalized spacial score (nSPS) is 11.3. The third kappa shape index (κ3) is 4.57. The van der Waals surface area contributed by atoms with E-state index in [9.17, 15) is 15.4 Å². The van der Waals surface area contributed by atoms with E-state index in [2.05, 4.69) is 28.0 Å². The average Bonchev–Trinajstić information content (AvgIpc) is 3.12. The molecule has 1 aromatic carbocycles. The third-order valence-electron chi connectivity index (χ3n) is 4.76. The molecule has 32 heavy (non-hydrogen) atoms. The number of nitro benzene ring substituents is 1. The van der Waals surface area contributed by atoms with Crippen LogP contribution in [0.3, 0.4) is 0 Å². The molecule has 2 heterocycles. The number of allylic oxidation sites excluding steroid dienone is 2. The summed E-state index contributed by atoms with van der Waals surface area (Å²) < 4.78 is 1.74. The summed E-state index contributed by atoms with van der Waals surface area (Å²) in [5.74, 6) is 1.07. The summed E-state index contributed by atoms with van der Waals surface area (Å²) in [6.45, 7) is 11.6. The Balaban J connectivity index is 2.13. The lowest BCUT2D eigenvalue weighted by Crippen LogP contribution is -2.24. The molecule has 0 amide bonds. The number of nitrogens with zero attached hydrogens (tertiary/aromatic N) is 5. The van der Waals surface area contributed by atoms with Gasteiger partial charge in [0.2, 0.25) is 0 Å². The zero-order valence-corrected chi connectivity index (χ0v) is 18.5. The summed E-state index contributed by atoms with van der Waals surface area (Å²) in [4.78, 5) is 15.2. The smallest absolute Gasteiger partial charge is 0.269 e. The first kappa shape index (κ1) is 22.4. The fourth-order valence-corrected chi connectivity index (χ4v) is 3.13. The van der Waals surface area contributed by atoms with Crippen molar-refractivity contribution in [2.45, 2.75) is 33.2 Å². The van der Waals surface area contributed by atoms with E-state index in [0.717, 1.165) is 11.3 Å². The quantitative estimate of drug-likeness (QED) is 0.305. The van der Waals surface area contributed by atoms with Gasteiger partial charge in [0.05, 0.1) is 16.2 Å². The number of benzene rings is 1. The summed E-state index contributed by atoms with van der Waals surface area (Å²) in [6, 6.07) is 12.0. The first-order valence-electron chi connectivity index (χ1n) is 9.98. The van der Waals surface area contributed by atoms with Gasteiger partial charge in [0, 0.05) is 17.7 Å². The molecule has 3 aromatic rings. The molecule has 8 nitrogen and oxygen atoms in total. The van der Waals surface area contributed by atoms with Gasteiger partial charge in [-0.1, -0.05) is 24.8 Å². The maximum atomic E-state index is 11.0. The maximum absolute atomic E-state index is 11.0. The summed E-state index contributed by atoms with van der Waals surface area (Å²) in [7, 11) is 0. The van der Waals surface area contributed by atoms with E-state index in [1.165, 1.54) is 12.1 Å². The van der Waals surface area contributed by atoms with Crippen molar-refractivity contribution < 1.29 is 4.92 Å². The van der Waals surface area contributed by atoms with Gasteiger partial charge in [-0.2, -0.15) is 10.4 Å². The molecule has 162 valence electrons. The van der Waals surface area contributed by atoms with Gasteiger partial charge < -0.3 is 5.32 Å². The predicted molar refractivity (Wildman–Crippen MR) is 126 cm³/mol. The molecule has 0 atom stereocenters. The van der Waals surface area contributed by atoms with E-state index < -0.39 is 10.5 Å². The van der Waals surface area contributed by atoms with E-state index in [1.807, 2.05) is 52.0 Å². The number of hydrogen-bond acceptors (Lipinski definition) is 6. The second-order valence-corrected chi connectivity index (χ2v) is 8.19. The van der Waals surface area contributed by atoms with Crippen molar-refractivity contribution in [3.05, 3.63) is 82.1 Å². The van der Waals surface area contributed by atoms with E-state index in [-0.39, 0.29) is 5.69 Å². The molecule has 0 saturated heterocycles. The van der Waals surface area contributed by atoms with E-state index in [1.54, 1.807) is 22.9 Å². The van der Waals surface area contributed by atoms with Crippen LogP contribution in [0.25, 0.3) is 17.3 Å². The van der Waals surface area contributed by atoms with Crippen molar-refractivity contribution in [1.29, 1.82) is 5.26 Å². The molecule has 0 aliphatic heterocycles. The van der Waals surface area contributed by atoms with Crippen LogP contribution in [0.4, 0.5) is 17.3 Å². The fourth-order valence-electron chi connectivity index (χ4n) is 3.13. The number of aromatic nitrogens is 3. The molecule has 0 saturated carbocycles. The minimum absolute atomic E-state index is 0.0233. The highest BCUT2D eigenvalue weighted by atomic mass is 16.6. The molecule has 1 N–H and O–H groups in total. The summed E-state index contributed by atoms with van der Waals surface area (Å²) in [6.07, 6.45) is 5.36. The van der Waals surface area contributed by atoms with Crippen LogP contribution < -0.4 is 5.32 Å². The van der Waals surface area contributed by atoms with Crippen LogP contribution in [0.2, 0.25) is 0 Å². The van der Waals surface area contributed by atoms with Gasteiger partial charge in [-0.25, -0.2) is 9.67 Å². The second kappa shape index (κ2) is 8.86. The summed E-state index contributed by atoms with van der Waals surface area (Å²) in [5, 5.41) is 28.9. The number of nitro groups is 1. The van der Waals surface area contributed by atoms with Crippen molar-refractivity contribution >= 4 is 23.4 Å². The first-order valence-corrected chi connectivity index (χ1v) is 9.98. The van der Waals surface area contributed by atoms with Gasteiger partial charge in [0.1, 0.15) is 29.0 Å². The molecule has 0 unspecified atom stereocenters. The predicted octanol–water partition coefficient (Wildman–Crippen LogP) is 5.73. The van der Waals surface area contributed by atoms with Crippen molar-refractivity contribution in [3.8, 4) is 17.3 Å². The maximum Gasteiger partial charge on any atom is 0.269 e. The molecule has 0 aliphatic carbocycles. The van der Waals surface area contributed by atoms with Crippen LogP contribution in [0.15, 0.2) is 55.1 Å². The minimum atomic E-state index is -0.461. The molecule has 8 heteroatoms. The number of nitriles is 1. The largest absolute Gasteiger partial charge is 0.324 e. The Morgan fingerprint density at radius 1 is 1.22 bits per heavy atom. The molecule has 0 bridgehead atoms. The Morgan fingerprint density at radius 3 is 2.47 bits per heavy atom. The Labute approximate surface area is 186 Å². The van der Waals surface area contributed by atoms with Crippen LogP contribution in [-0.4, -0.2) is 19.7 Å². The standard InChI is InChI=1S/C24H24N6O2/c1-6-7-8-20-16(2)9-14-21(26-20)27-23-19(15-25)22(28-29(23)24(3,4)5)17-10-12-18(13-11-17)30(31)32/h6-14H,1H2,2-5H3,(H,26,27)/b8-7-. The molecular formula is C24H24N6O2. The van der Waals surface area contributed by atoms with Gasteiger partial charge in [-0.05, 0) is 57.5 Å². The number of rotatable bonds is 6. The van der Waals surface area contributed by atoms with Gasteiger partial charge in [-0.15, -0.1) is 0 Å². The highest BCUT2D eigenvalue weighted by Crippen LogP contribution is 2.34. The highest BCUT2D eigenvalue weighted by molar-refractivity contribution is 5.76. The lowest BCUT2D eigenvalue weighted by molar-refractivity contribution is -0.384. The van der Waals surface area contributed by atoms with Crippen LogP contribution in [0, 0.1) is 28.4 Å². The third-order valence-corrected chi connectivity index (χ3v) is 4.76. The summed E-state index contributed by atoms with van der Waals surface area (Å²) >= 11 is 0. The van der Waals surface area contributed by atoms with Gasteiger partial charge in [0.15, 0.2) is 0 Å². The molecule has 3 rings (SSSR count). The number of aryl methyl sites for hydroxylation is 1. The molecule has 0 fully saturated rings. The minimum Gasteiger partial charge on any atom is -0.324 e. The topological polar surface area (TPSA) is 110 Å². The van der Waals surface area contributed by atoms with Crippen molar-refractivity contribution in [2.75, 3.05) is 5.32 Å². The lowest BCUT2D eigenvalue weighted by atomic mass is 10.1. The van der Waals surface area contributed by atoms with Gasteiger partial charge in [0.25, 0.3) is 5.69 Å². The van der Waals surface area contributed by atoms with Gasteiger partial charge in [-0.3, -0.25) is 10.1 Å². The van der Waals surface area contributed by atoms with Crippen molar-refractivity contribution in [2.24, 2.45) is 0 Å². The lowest BCUT2D eigenvalue weighted by Gasteiger charge is -2.22. The van der Waals surface area contributed by atoms with Crippen molar-refractivity contribution in [3.63, 3.8) is 0 Å². The molecule has 0 aliphatic rings. The summed E-state index contributed by atoms with van der Waals surface area (Å²) in [5.41, 5.74) is 2.71. The monoisotopic (exact) mass is 428 g/mol. The first-order chi connectivity index (χ1) is 15.2. The fraction of sp³-hybridized carbons (Fsp3) is 0.208. The number of nitrogens with one attached hydrogen (secondary N) is 1. The molecule has 0 radical (unpaired) electrons. The van der Waals surface area contributed by atoms with Crippen LogP contribution in [0.1, 0.15) is 37.6 Å². The van der Waals surface area contributed by atoms with Crippen LogP contribution in [0.5, 0.6) is 0 Å². The average molecular weight is 428 g/mol. The number of hydrogen-bond donors (Lipinski definition) is 1. The molecular weight excluding hydrogens is 404 g/mol. The number of non-ortho nitro benzene ring substituents is 1. The molecule has 0 spiro atoms.